The molecule has 1 heterocycles. The van der Waals surface area contributed by atoms with Gasteiger partial charge < -0.3 is 10.2 Å². The molecule has 0 bridgehead atoms. The highest BCUT2D eigenvalue weighted by molar-refractivity contribution is 7.13. The fourth-order valence-corrected chi connectivity index (χ4v) is 3.15. The maximum atomic E-state index is 12.0. The van der Waals surface area contributed by atoms with Gasteiger partial charge in [0, 0.05) is 31.6 Å². The van der Waals surface area contributed by atoms with Crippen LogP contribution < -0.4 is 10.6 Å². The molecule has 9 heteroatoms. The predicted octanol–water partition coefficient (Wildman–Crippen LogP) is 3.77. The van der Waals surface area contributed by atoms with Crippen LogP contribution in [0.5, 0.6) is 0 Å². The molecule has 2 N–H and O–H groups in total. The van der Waals surface area contributed by atoms with Gasteiger partial charge in [0.05, 0.1) is 15.7 Å². The lowest BCUT2D eigenvalue weighted by Crippen LogP contribution is -2.29. The number of likely N-dealkylation sites (N-methyl/N-ethyl adjacent to an activating group) is 2. The molecule has 0 aliphatic carbocycles. The number of carbonyl (C=O) groups excluding carboxylic acids is 1. The third kappa shape index (κ3) is 7.09. The van der Waals surface area contributed by atoms with Gasteiger partial charge in [0.2, 0.25) is 0 Å². The number of urea groups is 1. The van der Waals surface area contributed by atoms with E-state index in [0.717, 1.165) is 30.9 Å². The Hall–Kier alpha value is -1.38. The Labute approximate surface area is 168 Å². The number of hydrogen-bond acceptors (Lipinski definition) is 5. The van der Waals surface area contributed by atoms with Gasteiger partial charge in [0.1, 0.15) is 0 Å². The Morgan fingerprint density at radius 1 is 1.19 bits per heavy atom. The molecule has 0 spiro atoms. The van der Waals surface area contributed by atoms with E-state index >= 15 is 0 Å². The van der Waals surface area contributed by atoms with Crippen LogP contribution in [0.1, 0.15) is 11.3 Å². The van der Waals surface area contributed by atoms with Gasteiger partial charge in [-0.1, -0.05) is 29.3 Å². The van der Waals surface area contributed by atoms with Gasteiger partial charge in [-0.3, -0.25) is 10.2 Å². The number of carbonyl (C=O) groups is 1. The van der Waals surface area contributed by atoms with E-state index in [-0.39, 0.29) is 6.03 Å². The van der Waals surface area contributed by atoms with E-state index in [2.05, 4.69) is 46.6 Å². The second kappa shape index (κ2) is 10.1. The van der Waals surface area contributed by atoms with Crippen molar-refractivity contribution in [2.24, 2.45) is 0 Å². The first kappa shape index (κ1) is 20.9. The summed E-state index contributed by atoms with van der Waals surface area (Å²) in [6.45, 7) is 3.05. The van der Waals surface area contributed by atoms with Crippen LogP contribution in [0.15, 0.2) is 23.6 Å². The number of amides is 2. The van der Waals surface area contributed by atoms with Crippen LogP contribution in [-0.4, -0.2) is 55.0 Å². The fraction of sp³-hybridized carbons (Fsp3) is 0.412. The summed E-state index contributed by atoms with van der Waals surface area (Å²) in [4.78, 5) is 20.8. The third-order valence-corrected chi connectivity index (χ3v) is 5.12. The lowest BCUT2D eigenvalue weighted by molar-refractivity contribution is 0.251. The molecule has 2 aromatic rings. The normalized spacial score (nSPS) is 11.2. The van der Waals surface area contributed by atoms with Crippen LogP contribution >= 0.6 is 34.5 Å². The number of benzene rings is 1. The van der Waals surface area contributed by atoms with Crippen molar-refractivity contribution in [3.63, 3.8) is 0 Å². The van der Waals surface area contributed by atoms with Gasteiger partial charge in [0.25, 0.3) is 0 Å². The average molecular weight is 416 g/mol. The van der Waals surface area contributed by atoms with E-state index in [1.54, 1.807) is 12.1 Å². The van der Waals surface area contributed by atoms with Gasteiger partial charge in [-0.15, -0.1) is 11.3 Å². The smallest absolute Gasteiger partial charge is 0.321 e. The summed E-state index contributed by atoms with van der Waals surface area (Å²) in [6, 6.07) is 4.95. The van der Waals surface area contributed by atoms with Gasteiger partial charge in [-0.25, -0.2) is 9.78 Å². The van der Waals surface area contributed by atoms with E-state index < -0.39 is 0 Å². The molecular weight excluding hydrogens is 393 g/mol. The van der Waals surface area contributed by atoms with Crippen molar-refractivity contribution in [2.75, 3.05) is 39.5 Å². The molecule has 2 amide bonds. The van der Waals surface area contributed by atoms with Gasteiger partial charge in [-0.05, 0) is 38.8 Å². The average Bonchev–Trinajstić information content (AvgIpc) is 3.01. The molecule has 0 aliphatic rings. The number of anilines is 1. The maximum Gasteiger partial charge on any atom is 0.321 e. The zero-order valence-corrected chi connectivity index (χ0v) is 17.4. The third-order valence-electron chi connectivity index (χ3n) is 3.57. The molecule has 0 saturated carbocycles. The van der Waals surface area contributed by atoms with Crippen LogP contribution in [0.25, 0.3) is 0 Å². The fourth-order valence-electron chi connectivity index (χ4n) is 2.14. The lowest BCUT2D eigenvalue weighted by Gasteiger charge is -2.18. The quantitative estimate of drug-likeness (QED) is 0.688. The van der Waals surface area contributed by atoms with E-state index in [4.69, 9.17) is 23.2 Å². The molecule has 0 atom stereocenters. The Morgan fingerprint density at radius 2 is 1.96 bits per heavy atom. The minimum absolute atomic E-state index is 0.307. The van der Waals surface area contributed by atoms with Crippen LogP contribution in [0.4, 0.5) is 9.93 Å². The molecule has 26 heavy (non-hydrogen) atoms. The van der Waals surface area contributed by atoms with Crippen molar-refractivity contribution in [3.05, 3.63) is 44.9 Å². The van der Waals surface area contributed by atoms with Crippen LogP contribution in [-0.2, 0) is 13.1 Å². The Balaban J connectivity index is 1.78. The lowest BCUT2D eigenvalue weighted by atomic mass is 10.2. The molecule has 2 rings (SSSR count). The van der Waals surface area contributed by atoms with Gasteiger partial charge in [0.15, 0.2) is 5.13 Å². The Morgan fingerprint density at radius 3 is 2.65 bits per heavy atom. The van der Waals surface area contributed by atoms with Crippen molar-refractivity contribution in [3.8, 4) is 0 Å². The summed E-state index contributed by atoms with van der Waals surface area (Å²) in [5.41, 5.74) is 1.81. The number of nitrogens with zero attached hydrogens (tertiary/aromatic N) is 3. The van der Waals surface area contributed by atoms with Crippen molar-refractivity contribution >= 4 is 45.7 Å². The number of nitrogens with one attached hydrogen (secondary N) is 2. The largest absolute Gasteiger partial charge is 0.334 e. The predicted molar refractivity (Wildman–Crippen MR) is 109 cm³/mol. The molecule has 142 valence electrons. The molecule has 0 fully saturated rings. The summed E-state index contributed by atoms with van der Waals surface area (Å²) in [5.74, 6) is 0. The topological polar surface area (TPSA) is 60.5 Å². The van der Waals surface area contributed by atoms with E-state index in [1.165, 1.54) is 11.3 Å². The highest BCUT2D eigenvalue weighted by Crippen LogP contribution is 2.22. The van der Waals surface area contributed by atoms with Crippen molar-refractivity contribution in [1.82, 2.24) is 20.1 Å². The van der Waals surface area contributed by atoms with Crippen molar-refractivity contribution in [1.29, 1.82) is 0 Å². The summed E-state index contributed by atoms with van der Waals surface area (Å²) in [6.07, 6.45) is 0. The molecule has 0 saturated heterocycles. The SMILES string of the molecule is CN(C)CCN(C)Cc1csc(NC(=O)NCc2ccc(Cl)c(Cl)c2)n1. The standard InChI is InChI=1S/C17H23Cl2N5OS/c1-23(2)6-7-24(3)10-13-11-26-17(21-13)22-16(25)20-9-12-4-5-14(18)15(19)8-12/h4-5,8,11H,6-7,9-10H2,1-3H3,(H2,20,21,22,25). The summed E-state index contributed by atoms with van der Waals surface area (Å²) in [7, 11) is 6.16. The molecule has 0 unspecified atom stereocenters. The highest BCUT2D eigenvalue weighted by atomic mass is 35.5. The molecule has 0 aliphatic heterocycles. The van der Waals surface area contributed by atoms with Crippen LogP contribution in [0.2, 0.25) is 10.0 Å². The summed E-state index contributed by atoms with van der Waals surface area (Å²) < 4.78 is 0. The zero-order chi connectivity index (χ0) is 19.1. The number of aromatic nitrogens is 1. The molecule has 0 radical (unpaired) electrons. The van der Waals surface area contributed by atoms with Crippen LogP contribution in [0, 0.1) is 0 Å². The summed E-state index contributed by atoms with van der Waals surface area (Å²) in [5, 5.41) is 9.02. The van der Waals surface area contributed by atoms with Crippen molar-refractivity contribution in [2.45, 2.75) is 13.1 Å². The number of halogens is 2. The maximum absolute atomic E-state index is 12.0. The number of rotatable bonds is 8. The Kier molecular flexibility index (Phi) is 8.12. The molecular formula is C17H23Cl2N5OS. The highest BCUT2D eigenvalue weighted by Gasteiger charge is 2.09. The molecule has 1 aromatic heterocycles. The minimum atomic E-state index is -0.307. The number of thiazole rings is 1. The first-order valence-electron chi connectivity index (χ1n) is 8.10. The van der Waals surface area contributed by atoms with Crippen LogP contribution in [0.3, 0.4) is 0 Å². The van der Waals surface area contributed by atoms with Gasteiger partial charge >= 0.3 is 6.03 Å². The Bertz CT molecular complexity index is 738. The van der Waals surface area contributed by atoms with Crippen molar-refractivity contribution < 1.29 is 4.79 Å². The molecule has 1 aromatic carbocycles. The monoisotopic (exact) mass is 415 g/mol. The van der Waals surface area contributed by atoms with E-state index in [1.807, 2.05) is 11.4 Å². The minimum Gasteiger partial charge on any atom is -0.334 e. The molecule has 6 nitrogen and oxygen atoms in total. The first-order chi connectivity index (χ1) is 12.3. The second-order valence-corrected chi connectivity index (χ2v) is 7.91. The van der Waals surface area contributed by atoms with Gasteiger partial charge in [-0.2, -0.15) is 0 Å². The zero-order valence-electron chi connectivity index (χ0n) is 15.1. The first-order valence-corrected chi connectivity index (χ1v) is 9.73. The van der Waals surface area contributed by atoms with E-state index in [0.29, 0.717) is 21.7 Å². The number of hydrogen-bond donors (Lipinski definition) is 2. The second-order valence-electron chi connectivity index (χ2n) is 6.24. The van der Waals surface area contributed by atoms with E-state index in [9.17, 15) is 4.79 Å². The summed E-state index contributed by atoms with van der Waals surface area (Å²) >= 11 is 13.3.